The zero-order chi connectivity index (χ0) is 22.9. The maximum atomic E-state index is 13.3. The number of carbonyl (C=O) groups excluding carboxylic acids is 1. The first-order chi connectivity index (χ1) is 15.2. The number of alkyl halides is 3. The summed E-state index contributed by atoms with van der Waals surface area (Å²) in [7, 11) is 0. The maximum absolute atomic E-state index is 13.3. The number of aromatic nitrogens is 4. The van der Waals surface area contributed by atoms with Gasteiger partial charge in [0.05, 0.1) is 5.56 Å². The van der Waals surface area contributed by atoms with Gasteiger partial charge in [0, 0.05) is 42.7 Å². The second-order valence-corrected chi connectivity index (χ2v) is 7.20. The normalized spacial score (nSPS) is 11.5. The van der Waals surface area contributed by atoms with Gasteiger partial charge in [0.2, 0.25) is 11.7 Å². The second kappa shape index (κ2) is 8.29. The van der Waals surface area contributed by atoms with Crippen LogP contribution in [-0.2, 0) is 17.5 Å². The van der Waals surface area contributed by atoms with Crippen molar-refractivity contribution in [3.8, 4) is 22.8 Å². The largest absolute Gasteiger partial charge is 0.416 e. The molecular weight excluding hydrogens is 423 g/mol. The molecule has 1 amide bonds. The molecule has 0 saturated carbocycles. The summed E-state index contributed by atoms with van der Waals surface area (Å²) in [5, 5.41) is 6.29. The fourth-order valence-corrected chi connectivity index (χ4v) is 3.22. The van der Waals surface area contributed by atoms with Crippen LogP contribution in [0.2, 0.25) is 0 Å². The van der Waals surface area contributed by atoms with Crippen LogP contribution < -0.4 is 5.32 Å². The first kappa shape index (κ1) is 21.3. The molecule has 0 aliphatic carbocycles. The number of hydrogen-bond acceptors (Lipinski definition) is 5. The van der Waals surface area contributed by atoms with Crippen molar-refractivity contribution < 1.29 is 22.5 Å². The predicted molar refractivity (Wildman–Crippen MR) is 111 cm³/mol. The van der Waals surface area contributed by atoms with Gasteiger partial charge in [0.25, 0.3) is 5.89 Å². The lowest BCUT2D eigenvalue weighted by Crippen LogP contribution is -2.10. The summed E-state index contributed by atoms with van der Waals surface area (Å²) in [5.41, 5.74) is 0.731. The molecule has 0 bridgehead atoms. The van der Waals surface area contributed by atoms with Gasteiger partial charge in [-0.3, -0.25) is 4.79 Å². The van der Waals surface area contributed by atoms with Gasteiger partial charge in [0.15, 0.2) is 0 Å². The molecule has 0 unspecified atom stereocenters. The minimum absolute atomic E-state index is 0.0141. The molecule has 4 rings (SSSR count). The van der Waals surface area contributed by atoms with Gasteiger partial charge in [-0.05, 0) is 36.8 Å². The highest BCUT2D eigenvalue weighted by Crippen LogP contribution is 2.35. The zero-order valence-corrected chi connectivity index (χ0v) is 17.1. The standard InChI is InChI=1S/C22H18F3N5O2/c1-13-26-6-7-30(13)12-15-4-3-5-16(8-15)20-28-21(32-29-20)17-9-18(22(23,24)25)11-19(10-17)27-14(2)31/h3-11H,12H2,1-2H3,(H,27,31). The van der Waals surface area contributed by atoms with E-state index >= 15 is 0 Å². The number of nitrogens with one attached hydrogen (secondary N) is 1. The fourth-order valence-electron chi connectivity index (χ4n) is 3.22. The third-order valence-electron chi connectivity index (χ3n) is 4.72. The smallest absolute Gasteiger partial charge is 0.334 e. The molecule has 0 aliphatic heterocycles. The Balaban J connectivity index is 1.66. The van der Waals surface area contributed by atoms with Crippen LogP contribution >= 0.6 is 0 Å². The van der Waals surface area contributed by atoms with E-state index in [1.807, 2.05) is 35.9 Å². The van der Waals surface area contributed by atoms with Gasteiger partial charge in [-0.15, -0.1) is 0 Å². The molecule has 0 spiro atoms. The van der Waals surface area contributed by atoms with Crippen molar-refractivity contribution in [2.24, 2.45) is 0 Å². The summed E-state index contributed by atoms with van der Waals surface area (Å²) in [5.74, 6) is 0.527. The molecule has 0 fully saturated rings. The maximum Gasteiger partial charge on any atom is 0.416 e. The molecule has 2 heterocycles. The molecule has 164 valence electrons. The molecule has 0 aliphatic rings. The summed E-state index contributed by atoms with van der Waals surface area (Å²) in [6.07, 6.45) is -1.02. The molecule has 7 nitrogen and oxygen atoms in total. The quantitative estimate of drug-likeness (QED) is 0.474. The molecule has 2 aromatic heterocycles. The Bertz CT molecular complexity index is 1280. The van der Waals surface area contributed by atoms with Crippen LogP contribution in [0.5, 0.6) is 0 Å². The van der Waals surface area contributed by atoms with E-state index in [1.54, 1.807) is 12.3 Å². The Labute approximate surface area is 180 Å². The average molecular weight is 441 g/mol. The van der Waals surface area contributed by atoms with Gasteiger partial charge in [-0.2, -0.15) is 18.2 Å². The Hall–Kier alpha value is -3.95. The third kappa shape index (κ3) is 4.69. The molecule has 0 saturated heterocycles. The van der Waals surface area contributed by atoms with Crippen molar-refractivity contribution in [2.75, 3.05) is 5.32 Å². The first-order valence-electron chi connectivity index (χ1n) is 9.60. The average Bonchev–Trinajstić information content (AvgIpc) is 3.37. The number of hydrogen-bond donors (Lipinski definition) is 1. The van der Waals surface area contributed by atoms with Gasteiger partial charge < -0.3 is 14.4 Å². The van der Waals surface area contributed by atoms with E-state index in [2.05, 4.69) is 20.4 Å². The molecule has 0 atom stereocenters. The number of carbonyl (C=O) groups is 1. The van der Waals surface area contributed by atoms with Crippen molar-refractivity contribution >= 4 is 11.6 Å². The SMILES string of the molecule is CC(=O)Nc1cc(-c2nc(-c3cccc(Cn4ccnc4C)c3)no2)cc(C(F)(F)F)c1. The molecule has 0 radical (unpaired) electrons. The number of anilines is 1. The monoisotopic (exact) mass is 441 g/mol. The topological polar surface area (TPSA) is 85.8 Å². The van der Waals surface area contributed by atoms with Crippen molar-refractivity contribution in [1.29, 1.82) is 0 Å². The van der Waals surface area contributed by atoms with E-state index in [-0.39, 0.29) is 23.0 Å². The van der Waals surface area contributed by atoms with Crippen LogP contribution in [0, 0.1) is 6.92 Å². The number of aryl methyl sites for hydroxylation is 1. The van der Waals surface area contributed by atoms with Crippen molar-refractivity contribution in [3.63, 3.8) is 0 Å². The molecule has 10 heteroatoms. The lowest BCUT2D eigenvalue weighted by atomic mass is 10.1. The van der Waals surface area contributed by atoms with Crippen LogP contribution in [0.15, 0.2) is 59.4 Å². The summed E-state index contributed by atoms with van der Waals surface area (Å²) < 4.78 is 47.2. The minimum Gasteiger partial charge on any atom is -0.334 e. The summed E-state index contributed by atoms with van der Waals surface area (Å²) >= 11 is 0. The van der Waals surface area contributed by atoms with E-state index in [1.165, 1.54) is 13.0 Å². The highest BCUT2D eigenvalue weighted by Gasteiger charge is 2.32. The van der Waals surface area contributed by atoms with Crippen LogP contribution in [-0.4, -0.2) is 25.6 Å². The number of halogens is 3. The number of imidazole rings is 1. The molecular formula is C22H18F3N5O2. The highest BCUT2D eigenvalue weighted by atomic mass is 19.4. The van der Waals surface area contributed by atoms with E-state index in [4.69, 9.17) is 4.52 Å². The van der Waals surface area contributed by atoms with Crippen LogP contribution in [0.25, 0.3) is 22.8 Å². The number of amides is 1. The van der Waals surface area contributed by atoms with E-state index in [0.717, 1.165) is 23.5 Å². The lowest BCUT2D eigenvalue weighted by molar-refractivity contribution is -0.137. The molecule has 4 aromatic rings. The minimum atomic E-state index is -4.61. The van der Waals surface area contributed by atoms with E-state index in [0.29, 0.717) is 12.1 Å². The molecule has 2 aromatic carbocycles. The first-order valence-corrected chi connectivity index (χ1v) is 9.60. The van der Waals surface area contributed by atoms with Crippen molar-refractivity contribution in [2.45, 2.75) is 26.6 Å². The summed E-state index contributed by atoms with van der Waals surface area (Å²) in [6, 6.07) is 10.6. The van der Waals surface area contributed by atoms with Crippen molar-refractivity contribution in [3.05, 3.63) is 71.8 Å². The summed E-state index contributed by atoms with van der Waals surface area (Å²) in [6.45, 7) is 3.71. The van der Waals surface area contributed by atoms with Crippen LogP contribution in [0.3, 0.4) is 0 Å². The second-order valence-electron chi connectivity index (χ2n) is 7.20. The predicted octanol–water partition coefficient (Wildman–Crippen LogP) is 4.93. The van der Waals surface area contributed by atoms with E-state index < -0.39 is 17.6 Å². The Kier molecular flexibility index (Phi) is 5.52. The molecule has 1 N–H and O–H groups in total. The van der Waals surface area contributed by atoms with Gasteiger partial charge in [-0.25, -0.2) is 4.98 Å². The van der Waals surface area contributed by atoms with Gasteiger partial charge >= 0.3 is 6.18 Å². The fraction of sp³-hybridized carbons (Fsp3) is 0.182. The van der Waals surface area contributed by atoms with Crippen LogP contribution in [0.4, 0.5) is 18.9 Å². The Morgan fingerprint density at radius 3 is 2.66 bits per heavy atom. The third-order valence-corrected chi connectivity index (χ3v) is 4.72. The lowest BCUT2D eigenvalue weighted by Gasteiger charge is -2.11. The van der Waals surface area contributed by atoms with Gasteiger partial charge in [-0.1, -0.05) is 23.4 Å². The number of benzene rings is 2. The van der Waals surface area contributed by atoms with E-state index in [9.17, 15) is 18.0 Å². The summed E-state index contributed by atoms with van der Waals surface area (Å²) in [4.78, 5) is 19.8. The van der Waals surface area contributed by atoms with Crippen LogP contribution in [0.1, 0.15) is 23.9 Å². The highest BCUT2D eigenvalue weighted by molar-refractivity contribution is 5.89. The van der Waals surface area contributed by atoms with Gasteiger partial charge in [0.1, 0.15) is 5.82 Å². The number of rotatable bonds is 5. The Morgan fingerprint density at radius 1 is 1.16 bits per heavy atom. The molecule has 32 heavy (non-hydrogen) atoms. The Morgan fingerprint density at radius 2 is 1.97 bits per heavy atom. The zero-order valence-electron chi connectivity index (χ0n) is 17.1. The van der Waals surface area contributed by atoms with Crippen molar-refractivity contribution in [1.82, 2.24) is 19.7 Å². The number of nitrogens with zero attached hydrogens (tertiary/aromatic N) is 4.